The molecule has 2 aliphatic rings. The molecule has 1 fully saturated rings. The first-order valence-electron chi connectivity index (χ1n) is 9.05. The van der Waals surface area contributed by atoms with Crippen LogP contribution in [0.15, 0.2) is 28.8 Å². The average Bonchev–Trinajstić information content (AvgIpc) is 3.34. The molecule has 0 saturated carbocycles. The number of fused-ring (bicyclic) bond motifs is 1. The van der Waals surface area contributed by atoms with Crippen molar-refractivity contribution in [3.63, 3.8) is 0 Å². The minimum Gasteiger partial charge on any atom is -0.368 e. The summed E-state index contributed by atoms with van der Waals surface area (Å²) >= 11 is 0. The zero-order chi connectivity index (χ0) is 17.1. The number of amides is 1. The minimum absolute atomic E-state index is 0.0557. The Balaban J connectivity index is 1.19. The molecule has 25 heavy (non-hydrogen) atoms. The third kappa shape index (κ3) is 3.90. The molecule has 2 aromatic rings. The van der Waals surface area contributed by atoms with Crippen LogP contribution in [0, 0.1) is 5.92 Å². The van der Waals surface area contributed by atoms with Gasteiger partial charge in [0.15, 0.2) is 5.82 Å². The van der Waals surface area contributed by atoms with Gasteiger partial charge < -0.3 is 14.6 Å². The molecular weight excluding hydrogens is 318 g/mol. The van der Waals surface area contributed by atoms with Crippen LogP contribution in [-0.2, 0) is 28.8 Å². The first-order valence-corrected chi connectivity index (χ1v) is 9.05. The highest BCUT2D eigenvalue weighted by Gasteiger charge is 2.24. The van der Waals surface area contributed by atoms with Crippen LogP contribution in [0.4, 0.5) is 0 Å². The highest BCUT2D eigenvalue weighted by Crippen LogP contribution is 2.28. The summed E-state index contributed by atoms with van der Waals surface area (Å²) in [5.74, 6) is 1.69. The Hall–Kier alpha value is -2.21. The monoisotopic (exact) mass is 341 g/mol. The van der Waals surface area contributed by atoms with Gasteiger partial charge in [0, 0.05) is 26.0 Å². The van der Waals surface area contributed by atoms with Gasteiger partial charge in [-0.05, 0) is 42.7 Å². The maximum atomic E-state index is 12.2. The molecule has 6 nitrogen and oxygen atoms in total. The van der Waals surface area contributed by atoms with Crippen LogP contribution in [0.5, 0.6) is 0 Å². The number of rotatable bonds is 6. The first-order chi connectivity index (χ1) is 12.3. The Bertz CT molecular complexity index is 712. The van der Waals surface area contributed by atoms with E-state index in [1.165, 1.54) is 11.1 Å². The number of nitrogens with one attached hydrogen (secondary N) is 1. The van der Waals surface area contributed by atoms with Crippen LogP contribution < -0.4 is 5.32 Å². The maximum Gasteiger partial charge on any atom is 0.255 e. The van der Waals surface area contributed by atoms with E-state index in [0.29, 0.717) is 37.0 Å². The quantitative estimate of drug-likeness (QED) is 0.873. The Morgan fingerprint density at radius 1 is 1.24 bits per heavy atom. The number of ether oxygens (including phenoxy) is 1. The van der Waals surface area contributed by atoms with E-state index >= 15 is 0 Å². The molecule has 6 heteroatoms. The summed E-state index contributed by atoms with van der Waals surface area (Å²) in [5.41, 5.74) is 2.77. The molecule has 2 heterocycles. The van der Waals surface area contributed by atoms with Gasteiger partial charge in [-0.25, -0.2) is 0 Å². The molecule has 1 amide bonds. The largest absolute Gasteiger partial charge is 0.368 e. The number of nitrogens with zero attached hydrogens (tertiary/aromatic N) is 2. The van der Waals surface area contributed by atoms with Crippen molar-refractivity contribution in [3.8, 4) is 0 Å². The molecule has 1 aromatic carbocycles. The number of carbonyl (C=O) groups is 1. The Labute approximate surface area is 147 Å². The molecule has 1 unspecified atom stereocenters. The molecule has 132 valence electrons. The normalized spacial score (nSPS) is 19.9. The van der Waals surface area contributed by atoms with E-state index in [0.717, 1.165) is 32.3 Å². The summed E-state index contributed by atoms with van der Waals surface area (Å²) in [6.45, 7) is 1.28. The smallest absolute Gasteiger partial charge is 0.255 e. The number of hydrogen-bond donors (Lipinski definition) is 1. The van der Waals surface area contributed by atoms with Crippen LogP contribution in [0.1, 0.15) is 48.2 Å². The van der Waals surface area contributed by atoms with Crippen LogP contribution in [0.2, 0.25) is 0 Å². The molecule has 1 saturated heterocycles. The van der Waals surface area contributed by atoms with Crippen molar-refractivity contribution in [1.29, 1.82) is 0 Å². The van der Waals surface area contributed by atoms with E-state index in [4.69, 9.17) is 9.26 Å². The average molecular weight is 341 g/mol. The molecule has 1 atom stereocenters. The van der Waals surface area contributed by atoms with Crippen molar-refractivity contribution >= 4 is 5.91 Å². The molecule has 1 N–H and O–H groups in total. The van der Waals surface area contributed by atoms with Gasteiger partial charge in [-0.2, -0.15) is 4.98 Å². The number of carbonyl (C=O) groups excluding carboxylic acids is 1. The predicted octanol–water partition coefficient (Wildman–Crippen LogP) is 2.38. The Morgan fingerprint density at radius 2 is 2.04 bits per heavy atom. The molecule has 1 aromatic heterocycles. The van der Waals surface area contributed by atoms with E-state index in [9.17, 15) is 4.79 Å². The van der Waals surface area contributed by atoms with E-state index in [-0.39, 0.29) is 12.0 Å². The van der Waals surface area contributed by atoms with Gasteiger partial charge in [-0.1, -0.05) is 29.4 Å². The van der Waals surface area contributed by atoms with E-state index < -0.39 is 0 Å². The fraction of sp³-hybridized carbons (Fsp3) is 0.526. The van der Waals surface area contributed by atoms with Crippen molar-refractivity contribution in [2.24, 2.45) is 5.92 Å². The fourth-order valence-electron chi connectivity index (χ4n) is 3.71. The summed E-state index contributed by atoms with van der Waals surface area (Å²) in [5, 5.41) is 6.94. The summed E-state index contributed by atoms with van der Waals surface area (Å²) < 4.78 is 10.8. The zero-order valence-corrected chi connectivity index (χ0v) is 14.2. The molecule has 4 rings (SSSR count). The van der Waals surface area contributed by atoms with Crippen molar-refractivity contribution in [2.75, 3.05) is 13.2 Å². The first kappa shape index (κ1) is 16.3. The topological polar surface area (TPSA) is 77.2 Å². The molecule has 0 bridgehead atoms. The van der Waals surface area contributed by atoms with Gasteiger partial charge in [-0.3, -0.25) is 4.79 Å². The second kappa shape index (κ2) is 7.35. The van der Waals surface area contributed by atoms with Gasteiger partial charge in [0.05, 0.1) is 0 Å². The van der Waals surface area contributed by atoms with Crippen LogP contribution >= 0.6 is 0 Å². The van der Waals surface area contributed by atoms with Crippen molar-refractivity contribution < 1.29 is 14.1 Å². The van der Waals surface area contributed by atoms with Crippen molar-refractivity contribution in [1.82, 2.24) is 15.5 Å². The lowest BCUT2D eigenvalue weighted by atomic mass is 10.0. The van der Waals surface area contributed by atoms with Gasteiger partial charge >= 0.3 is 0 Å². The van der Waals surface area contributed by atoms with Crippen LogP contribution in [0.25, 0.3) is 0 Å². The van der Waals surface area contributed by atoms with Gasteiger partial charge in [-0.15, -0.1) is 0 Å². The third-order valence-corrected chi connectivity index (χ3v) is 4.97. The fourth-order valence-corrected chi connectivity index (χ4v) is 3.71. The van der Waals surface area contributed by atoms with E-state index in [1.54, 1.807) is 0 Å². The van der Waals surface area contributed by atoms with Crippen molar-refractivity contribution in [3.05, 3.63) is 47.1 Å². The molecule has 1 aliphatic carbocycles. The SMILES string of the molecule is O=C(CC1Cc2ccccc2C1)NCCc1noc(C2CCCO2)n1. The summed E-state index contributed by atoms with van der Waals surface area (Å²) in [7, 11) is 0. The lowest BCUT2D eigenvalue weighted by molar-refractivity contribution is -0.121. The zero-order valence-electron chi connectivity index (χ0n) is 14.2. The summed E-state index contributed by atoms with van der Waals surface area (Å²) in [4.78, 5) is 16.5. The van der Waals surface area contributed by atoms with Gasteiger partial charge in [0.1, 0.15) is 6.10 Å². The lowest BCUT2D eigenvalue weighted by Crippen LogP contribution is -2.28. The van der Waals surface area contributed by atoms with Crippen LogP contribution in [-0.4, -0.2) is 29.2 Å². The number of hydrogen-bond acceptors (Lipinski definition) is 5. The number of benzene rings is 1. The summed E-state index contributed by atoms with van der Waals surface area (Å²) in [6.07, 6.45) is 5.05. The Kier molecular flexibility index (Phi) is 4.78. The molecular formula is C19H23N3O3. The molecule has 1 aliphatic heterocycles. The van der Waals surface area contributed by atoms with E-state index in [1.807, 2.05) is 0 Å². The summed E-state index contributed by atoms with van der Waals surface area (Å²) in [6, 6.07) is 8.46. The predicted molar refractivity (Wildman–Crippen MR) is 90.9 cm³/mol. The molecule has 0 spiro atoms. The lowest BCUT2D eigenvalue weighted by Gasteiger charge is -2.09. The van der Waals surface area contributed by atoms with Gasteiger partial charge in [0.25, 0.3) is 5.89 Å². The van der Waals surface area contributed by atoms with E-state index in [2.05, 4.69) is 39.7 Å². The van der Waals surface area contributed by atoms with Gasteiger partial charge in [0.2, 0.25) is 5.91 Å². The van der Waals surface area contributed by atoms with Crippen LogP contribution in [0.3, 0.4) is 0 Å². The second-order valence-corrected chi connectivity index (χ2v) is 6.90. The maximum absolute atomic E-state index is 12.2. The molecule has 0 radical (unpaired) electrons. The second-order valence-electron chi connectivity index (χ2n) is 6.90. The standard InChI is InChI=1S/C19H23N3O3/c23-18(12-13-10-14-4-1-2-5-15(14)11-13)20-8-7-17-21-19(25-22-17)16-6-3-9-24-16/h1-2,4-5,13,16H,3,6-12H2,(H,20,23). The third-order valence-electron chi connectivity index (χ3n) is 4.97. The highest BCUT2D eigenvalue weighted by molar-refractivity contribution is 5.76. The minimum atomic E-state index is -0.0557. The number of aromatic nitrogens is 2. The Morgan fingerprint density at radius 3 is 2.76 bits per heavy atom. The van der Waals surface area contributed by atoms with Crippen molar-refractivity contribution in [2.45, 2.75) is 44.6 Å². The highest BCUT2D eigenvalue weighted by atomic mass is 16.5.